The van der Waals surface area contributed by atoms with E-state index >= 15 is 0 Å². The van der Waals surface area contributed by atoms with Crippen molar-refractivity contribution in [3.63, 3.8) is 0 Å². The van der Waals surface area contributed by atoms with Gasteiger partial charge in [-0.25, -0.2) is 9.97 Å². The molecule has 2 aliphatic rings. The van der Waals surface area contributed by atoms with Gasteiger partial charge in [-0.15, -0.1) is 0 Å². The minimum absolute atomic E-state index is 0.00761. The van der Waals surface area contributed by atoms with Crippen molar-refractivity contribution in [2.45, 2.75) is 51.1 Å². The number of methoxy groups -OCH3 is 2. The fourth-order valence-corrected chi connectivity index (χ4v) is 8.47. The Morgan fingerprint density at radius 2 is 1.09 bits per heavy atom. The summed E-state index contributed by atoms with van der Waals surface area (Å²) in [5, 5.41) is 10.6. The van der Waals surface area contributed by atoms with Gasteiger partial charge in [0.2, 0.25) is 11.8 Å². The van der Waals surface area contributed by atoms with E-state index in [1.165, 1.54) is 0 Å². The van der Waals surface area contributed by atoms with E-state index in [4.69, 9.17) is 42.1 Å². The lowest BCUT2D eigenvalue weighted by Crippen LogP contribution is -2.26. The van der Waals surface area contributed by atoms with Gasteiger partial charge in [0.25, 0.3) is 0 Å². The SMILES string of the molecule is COCc1ccc(C(=O)c2ccc(N3CC[C@H](Oc4ncccc4Cl)C3)c(CC=O)c2)cc1.COCc1ccc(C(=O)c2ccc(N3CC[C@H](Oc4ncccc4Cl)C3)c(CCO)c2)cc1. The van der Waals surface area contributed by atoms with Gasteiger partial charge >= 0.3 is 0 Å². The highest BCUT2D eigenvalue weighted by atomic mass is 35.5. The third-order valence-corrected chi connectivity index (χ3v) is 12.0. The Kier molecular flexibility index (Phi) is 16.9. The molecular weight excluding hydrogens is 879 g/mol. The molecule has 0 unspecified atom stereocenters. The molecule has 66 heavy (non-hydrogen) atoms. The first kappa shape index (κ1) is 47.8. The number of carbonyl (C=O) groups excluding carboxylic acids is 3. The van der Waals surface area contributed by atoms with Crippen molar-refractivity contribution in [1.82, 2.24) is 9.97 Å². The van der Waals surface area contributed by atoms with E-state index in [0.717, 1.165) is 65.8 Å². The summed E-state index contributed by atoms with van der Waals surface area (Å²) in [5.41, 5.74) is 8.12. The van der Waals surface area contributed by atoms with Crippen molar-refractivity contribution < 1.29 is 38.4 Å². The van der Waals surface area contributed by atoms with Gasteiger partial charge in [0.15, 0.2) is 11.6 Å². The summed E-state index contributed by atoms with van der Waals surface area (Å²) in [5.74, 6) is 0.748. The monoisotopic (exact) mass is 930 g/mol. The number of benzene rings is 4. The maximum Gasteiger partial charge on any atom is 0.232 e. The molecule has 0 amide bonds. The van der Waals surface area contributed by atoms with Crippen LogP contribution >= 0.6 is 23.2 Å². The predicted molar refractivity (Wildman–Crippen MR) is 256 cm³/mol. The Morgan fingerprint density at radius 3 is 1.52 bits per heavy atom. The standard InChI is InChI=1S/C26H27ClN2O4.C26H25ClN2O4/c2*1-32-17-18-4-6-19(7-5-18)25(31)21-8-9-24(20(15-21)11-14-30)29-13-10-22(16-29)33-26-23(27)3-2-12-28-26/h2-9,12,15,22,30H,10-11,13-14,16-17H2,1H3;2-9,12,14-15,22H,10-11,13,16-17H2,1H3/t2*22-/m00/s1. The van der Waals surface area contributed by atoms with Gasteiger partial charge in [-0.3, -0.25) is 9.59 Å². The number of anilines is 2. The van der Waals surface area contributed by atoms with Crippen LogP contribution in [-0.2, 0) is 40.3 Å². The Bertz CT molecular complexity index is 2590. The number of aldehydes is 1. The van der Waals surface area contributed by atoms with Gasteiger partial charge < -0.3 is 38.6 Å². The van der Waals surface area contributed by atoms with Crippen LogP contribution in [-0.4, -0.2) is 92.1 Å². The first-order valence-corrected chi connectivity index (χ1v) is 22.5. The number of pyridine rings is 2. The highest BCUT2D eigenvalue weighted by Gasteiger charge is 2.29. The number of aromatic nitrogens is 2. The minimum atomic E-state index is -0.0786. The van der Waals surface area contributed by atoms with Gasteiger partial charge in [-0.1, -0.05) is 71.7 Å². The van der Waals surface area contributed by atoms with E-state index in [9.17, 15) is 19.5 Å². The van der Waals surface area contributed by atoms with Crippen molar-refractivity contribution in [3.8, 4) is 11.8 Å². The number of ether oxygens (including phenoxy) is 4. The van der Waals surface area contributed by atoms with E-state index in [1.54, 1.807) is 63.0 Å². The third kappa shape index (κ3) is 12.2. The lowest BCUT2D eigenvalue weighted by atomic mass is 9.98. The Balaban J connectivity index is 0.000000196. The molecule has 2 saturated heterocycles. The van der Waals surface area contributed by atoms with Gasteiger partial charge in [-0.05, 0) is 89.3 Å². The molecule has 0 radical (unpaired) electrons. The number of nitrogens with zero attached hydrogens (tertiary/aromatic N) is 4. The third-order valence-electron chi connectivity index (χ3n) is 11.4. The van der Waals surface area contributed by atoms with Crippen LogP contribution in [0.2, 0.25) is 10.0 Å². The highest BCUT2D eigenvalue weighted by molar-refractivity contribution is 6.32. The Hall–Kier alpha value is -6.15. The molecule has 8 rings (SSSR count). The van der Waals surface area contributed by atoms with Crippen molar-refractivity contribution in [2.75, 3.05) is 56.8 Å². The zero-order chi connectivity index (χ0) is 46.4. The summed E-state index contributed by atoms with van der Waals surface area (Å²) in [6.45, 7) is 3.92. The molecule has 0 saturated carbocycles. The molecule has 0 spiro atoms. The minimum Gasteiger partial charge on any atom is -0.471 e. The molecule has 2 aromatic heterocycles. The predicted octanol–water partition coefficient (Wildman–Crippen LogP) is 8.82. The lowest BCUT2D eigenvalue weighted by Gasteiger charge is -2.23. The Labute approximate surface area is 395 Å². The van der Waals surface area contributed by atoms with Crippen LogP contribution in [0.15, 0.2) is 122 Å². The smallest absolute Gasteiger partial charge is 0.232 e. The number of aliphatic hydroxyl groups excluding tert-OH is 1. The maximum atomic E-state index is 13.0. The average Bonchev–Trinajstić information content (AvgIpc) is 4.01. The maximum absolute atomic E-state index is 13.0. The van der Waals surface area contributed by atoms with Crippen molar-refractivity contribution in [1.29, 1.82) is 0 Å². The number of ketones is 2. The lowest BCUT2D eigenvalue weighted by molar-refractivity contribution is -0.107. The number of rotatable bonds is 18. The van der Waals surface area contributed by atoms with Crippen LogP contribution in [0.5, 0.6) is 11.8 Å². The second-order valence-corrected chi connectivity index (χ2v) is 16.8. The zero-order valence-corrected chi connectivity index (χ0v) is 38.4. The van der Waals surface area contributed by atoms with E-state index < -0.39 is 0 Å². The Morgan fingerprint density at radius 1 is 0.652 bits per heavy atom. The van der Waals surface area contributed by atoms with Crippen LogP contribution in [0.3, 0.4) is 0 Å². The molecule has 4 heterocycles. The summed E-state index contributed by atoms with van der Waals surface area (Å²) in [4.78, 5) is 50.2. The van der Waals surface area contributed by atoms with Gasteiger partial charge in [0, 0.05) is 99.2 Å². The van der Waals surface area contributed by atoms with Gasteiger partial charge in [0.05, 0.1) is 26.3 Å². The first-order chi connectivity index (χ1) is 32.2. The van der Waals surface area contributed by atoms with Crippen LogP contribution in [0, 0.1) is 0 Å². The molecule has 4 aromatic carbocycles. The van der Waals surface area contributed by atoms with E-state index in [2.05, 4.69) is 19.8 Å². The summed E-state index contributed by atoms with van der Waals surface area (Å²) >= 11 is 12.3. The quantitative estimate of drug-likeness (QED) is 0.0651. The number of hydrogen-bond acceptors (Lipinski definition) is 12. The number of halogens is 2. The van der Waals surface area contributed by atoms with Gasteiger partial charge in [0.1, 0.15) is 28.5 Å². The topological polar surface area (TPSA) is 141 Å². The van der Waals surface area contributed by atoms with E-state index in [0.29, 0.717) is 76.8 Å². The van der Waals surface area contributed by atoms with Gasteiger partial charge in [-0.2, -0.15) is 0 Å². The van der Waals surface area contributed by atoms with Crippen LogP contribution in [0.25, 0.3) is 0 Å². The average molecular weight is 932 g/mol. The van der Waals surface area contributed by atoms with E-state index in [-0.39, 0.29) is 36.8 Å². The molecule has 1 N–H and O–H groups in total. The second-order valence-electron chi connectivity index (χ2n) is 16.0. The molecular formula is C52H52Cl2N4O8. The van der Waals surface area contributed by atoms with Crippen molar-refractivity contribution >= 4 is 52.4 Å². The number of carbonyl (C=O) groups is 3. The zero-order valence-electron chi connectivity index (χ0n) is 36.9. The summed E-state index contributed by atoms with van der Waals surface area (Å²) in [6, 6.07) is 33.1. The fraction of sp³-hybridized carbons (Fsp3) is 0.288. The summed E-state index contributed by atoms with van der Waals surface area (Å²) in [6.07, 6.45) is 6.42. The summed E-state index contributed by atoms with van der Waals surface area (Å²) in [7, 11) is 3.28. The normalized spacial score (nSPS) is 15.5. The van der Waals surface area contributed by atoms with E-state index in [1.807, 2.05) is 72.8 Å². The summed E-state index contributed by atoms with van der Waals surface area (Å²) < 4.78 is 22.2. The highest BCUT2D eigenvalue weighted by Crippen LogP contribution is 2.32. The molecule has 0 bridgehead atoms. The van der Waals surface area contributed by atoms with Crippen LogP contribution in [0.1, 0.15) is 66.9 Å². The largest absolute Gasteiger partial charge is 0.471 e. The molecule has 12 nitrogen and oxygen atoms in total. The van der Waals surface area contributed by atoms with Crippen molar-refractivity contribution in [3.05, 3.63) is 176 Å². The van der Waals surface area contributed by atoms with Crippen LogP contribution in [0.4, 0.5) is 11.4 Å². The molecule has 0 aliphatic carbocycles. The molecule has 2 fully saturated rings. The van der Waals surface area contributed by atoms with Crippen LogP contribution < -0.4 is 19.3 Å². The fourth-order valence-electron chi connectivity index (χ4n) is 8.13. The second kappa shape index (κ2) is 23.3. The molecule has 2 atom stereocenters. The molecule has 14 heteroatoms. The number of hydrogen-bond donors (Lipinski definition) is 1. The number of aliphatic hydroxyl groups is 1. The molecule has 6 aromatic rings. The molecule has 342 valence electrons. The first-order valence-electron chi connectivity index (χ1n) is 21.8. The molecule has 2 aliphatic heterocycles. The van der Waals surface area contributed by atoms with Crippen molar-refractivity contribution in [2.24, 2.45) is 0 Å².